The van der Waals surface area contributed by atoms with E-state index in [1.165, 1.54) is 6.92 Å². The van der Waals surface area contributed by atoms with Gasteiger partial charge < -0.3 is 15.4 Å². The Morgan fingerprint density at radius 1 is 0.963 bits per heavy atom. The number of methoxy groups -OCH3 is 1. The van der Waals surface area contributed by atoms with E-state index in [-0.39, 0.29) is 18.2 Å². The number of ether oxygens (including phenoxy) is 1. The molecule has 0 saturated carbocycles. The van der Waals surface area contributed by atoms with E-state index in [4.69, 9.17) is 4.74 Å². The summed E-state index contributed by atoms with van der Waals surface area (Å²) < 4.78 is 5.16. The SMILES string of the molecule is COc1ccc(C(CC(=O)Nc2cccc3ccccc23)NC(C)=O)cc1. The molecule has 0 aliphatic carbocycles. The number of carbonyl (C=O) groups is 2. The van der Waals surface area contributed by atoms with Crippen LogP contribution < -0.4 is 15.4 Å². The van der Waals surface area contributed by atoms with Crippen molar-refractivity contribution in [2.24, 2.45) is 0 Å². The van der Waals surface area contributed by atoms with Gasteiger partial charge in [0.1, 0.15) is 5.75 Å². The number of anilines is 1. The lowest BCUT2D eigenvalue weighted by molar-refractivity contribution is -0.120. The third-order valence-corrected chi connectivity index (χ3v) is 4.35. The predicted octanol–water partition coefficient (Wildman–Crippen LogP) is 4.05. The first-order valence-electron chi connectivity index (χ1n) is 8.75. The largest absolute Gasteiger partial charge is 0.497 e. The molecule has 0 aliphatic rings. The molecule has 1 atom stereocenters. The van der Waals surface area contributed by atoms with Gasteiger partial charge in [-0.05, 0) is 29.1 Å². The molecule has 0 radical (unpaired) electrons. The normalized spacial score (nSPS) is 11.6. The van der Waals surface area contributed by atoms with E-state index in [1.54, 1.807) is 7.11 Å². The molecule has 0 spiro atoms. The molecule has 0 heterocycles. The third kappa shape index (κ3) is 4.64. The van der Waals surface area contributed by atoms with Crippen molar-refractivity contribution in [3.05, 3.63) is 72.3 Å². The van der Waals surface area contributed by atoms with Gasteiger partial charge in [0, 0.05) is 18.0 Å². The Kier molecular flexibility index (Phi) is 5.71. The zero-order chi connectivity index (χ0) is 19.2. The van der Waals surface area contributed by atoms with Crippen LogP contribution in [0.3, 0.4) is 0 Å². The van der Waals surface area contributed by atoms with E-state index in [2.05, 4.69) is 10.6 Å². The van der Waals surface area contributed by atoms with Crippen LogP contribution in [-0.2, 0) is 9.59 Å². The molecule has 3 rings (SSSR count). The van der Waals surface area contributed by atoms with E-state index < -0.39 is 6.04 Å². The van der Waals surface area contributed by atoms with E-state index in [0.717, 1.165) is 27.8 Å². The van der Waals surface area contributed by atoms with E-state index in [9.17, 15) is 9.59 Å². The van der Waals surface area contributed by atoms with Crippen LogP contribution in [0.5, 0.6) is 5.75 Å². The molecule has 5 heteroatoms. The summed E-state index contributed by atoms with van der Waals surface area (Å²) >= 11 is 0. The maximum atomic E-state index is 12.7. The topological polar surface area (TPSA) is 67.4 Å². The molecule has 0 saturated heterocycles. The number of amides is 2. The van der Waals surface area contributed by atoms with Gasteiger partial charge in [-0.15, -0.1) is 0 Å². The molecule has 0 aromatic heterocycles. The smallest absolute Gasteiger partial charge is 0.226 e. The van der Waals surface area contributed by atoms with Gasteiger partial charge in [0.2, 0.25) is 11.8 Å². The summed E-state index contributed by atoms with van der Waals surface area (Å²) in [5.74, 6) is 0.371. The Morgan fingerprint density at radius 3 is 2.37 bits per heavy atom. The first-order chi connectivity index (χ1) is 13.1. The minimum Gasteiger partial charge on any atom is -0.497 e. The first-order valence-corrected chi connectivity index (χ1v) is 8.75. The highest BCUT2D eigenvalue weighted by atomic mass is 16.5. The summed E-state index contributed by atoms with van der Waals surface area (Å²) in [6.45, 7) is 1.44. The van der Waals surface area contributed by atoms with Gasteiger partial charge in [0.05, 0.1) is 19.6 Å². The Bertz CT molecular complexity index is 946. The Balaban J connectivity index is 1.78. The maximum absolute atomic E-state index is 12.7. The van der Waals surface area contributed by atoms with Crippen molar-refractivity contribution in [2.75, 3.05) is 12.4 Å². The fraction of sp³-hybridized carbons (Fsp3) is 0.182. The molecule has 27 heavy (non-hydrogen) atoms. The van der Waals surface area contributed by atoms with Crippen molar-refractivity contribution in [1.29, 1.82) is 0 Å². The quantitative estimate of drug-likeness (QED) is 0.695. The summed E-state index contributed by atoms with van der Waals surface area (Å²) in [5.41, 5.74) is 1.61. The van der Waals surface area contributed by atoms with Crippen molar-refractivity contribution >= 4 is 28.3 Å². The van der Waals surface area contributed by atoms with Crippen molar-refractivity contribution in [2.45, 2.75) is 19.4 Å². The lowest BCUT2D eigenvalue weighted by Gasteiger charge is -2.19. The van der Waals surface area contributed by atoms with E-state index >= 15 is 0 Å². The molecule has 2 amide bonds. The number of hydrogen-bond acceptors (Lipinski definition) is 3. The fourth-order valence-electron chi connectivity index (χ4n) is 3.05. The summed E-state index contributed by atoms with van der Waals surface area (Å²) in [6, 6.07) is 20.6. The van der Waals surface area contributed by atoms with Crippen LogP contribution >= 0.6 is 0 Å². The molecule has 0 bridgehead atoms. The molecule has 0 fully saturated rings. The highest BCUT2D eigenvalue weighted by Gasteiger charge is 2.18. The minimum atomic E-state index is -0.414. The van der Waals surface area contributed by atoms with Gasteiger partial charge in [-0.1, -0.05) is 48.5 Å². The van der Waals surface area contributed by atoms with Gasteiger partial charge in [0.15, 0.2) is 0 Å². The van der Waals surface area contributed by atoms with Gasteiger partial charge in [-0.25, -0.2) is 0 Å². The van der Waals surface area contributed by atoms with E-state index in [1.807, 2.05) is 66.7 Å². The minimum absolute atomic E-state index is 0.134. The molecule has 3 aromatic rings. The van der Waals surface area contributed by atoms with Crippen LogP contribution in [0.2, 0.25) is 0 Å². The van der Waals surface area contributed by atoms with Crippen LogP contribution in [0.15, 0.2) is 66.7 Å². The standard InChI is InChI=1S/C22H22N2O3/c1-15(25)23-21(17-10-12-18(27-2)13-11-17)14-22(26)24-20-9-5-7-16-6-3-4-8-19(16)20/h3-13,21H,14H2,1-2H3,(H,23,25)(H,24,26). The molecular weight excluding hydrogens is 340 g/mol. The number of benzene rings is 3. The van der Waals surface area contributed by atoms with Crippen molar-refractivity contribution < 1.29 is 14.3 Å². The van der Waals surface area contributed by atoms with Crippen LogP contribution in [0.4, 0.5) is 5.69 Å². The Labute approximate surface area is 158 Å². The maximum Gasteiger partial charge on any atom is 0.226 e. The Morgan fingerprint density at radius 2 is 1.67 bits per heavy atom. The molecule has 2 N–H and O–H groups in total. The Hall–Kier alpha value is -3.34. The highest BCUT2D eigenvalue weighted by molar-refractivity contribution is 6.02. The second-order valence-electron chi connectivity index (χ2n) is 6.31. The van der Waals surface area contributed by atoms with E-state index in [0.29, 0.717) is 0 Å². The lowest BCUT2D eigenvalue weighted by Crippen LogP contribution is -2.29. The summed E-state index contributed by atoms with van der Waals surface area (Å²) in [6.07, 6.45) is 0.134. The number of fused-ring (bicyclic) bond motifs is 1. The summed E-state index contributed by atoms with van der Waals surface area (Å²) in [7, 11) is 1.60. The number of carbonyl (C=O) groups excluding carboxylic acids is 2. The molecular formula is C22H22N2O3. The molecule has 1 unspecified atom stereocenters. The molecule has 0 aliphatic heterocycles. The zero-order valence-corrected chi connectivity index (χ0v) is 15.4. The summed E-state index contributed by atoms with van der Waals surface area (Å²) in [4.78, 5) is 24.3. The molecule has 138 valence electrons. The van der Waals surface area contributed by atoms with Crippen LogP contribution in [0, 0.1) is 0 Å². The van der Waals surface area contributed by atoms with Gasteiger partial charge in [0.25, 0.3) is 0 Å². The molecule has 5 nitrogen and oxygen atoms in total. The van der Waals surface area contributed by atoms with Crippen molar-refractivity contribution in [3.8, 4) is 5.75 Å². The van der Waals surface area contributed by atoms with Crippen LogP contribution in [0.25, 0.3) is 10.8 Å². The number of nitrogens with one attached hydrogen (secondary N) is 2. The van der Waals surface area contributed by atoms with Gasteiger partial charge >= 0.3 is 0 Å². The van der Waals surface area contributed by atoms with Gasteiger partial charge in [-0.3, -0.25) is 9.59 Å². The first kappa shape index (κ1) is 18.5. The lowest BCUT2D eigenvalue weighted by atomic mass is 10.0. The average Bonchev–Trinajstić information content (AvgIpc) is 2.67. The van der Waals surface area contributed by atoms with Crippen LogP contribution in [-0.4, -0.2) is 18.9 Å². The number of rotatable bonds is 6. The summed E-state index contributed by atoms with van der Waals surface area (Å²) in [5, 5.41) is 7.85. The fourth-order valence-corrected chi connectivity index (χ4v) is 3.05. The zero-order valence-electron chi connectivity index (χ0n) is 15.4. The predicted molar refractivity (Wildman–Crippen MR) is 107 cm³/mol. The van der Waals surface area contributed by atoms with Gasteiger partial charge in [-0.2, -0.15) is 0 Å². The third-order valence-electron chi connectivity index (χ3n) is 4.35. The molecule has 3 aromatic carbocycles. The second-order valence-corrected chi connectivity index (χ2v) is 6.31. The van der Waals surface area contributed by atoms with Crippen molar-refractivity contribution in [1.82, 2.24) is 5.32 Å². The van der Waals surface area contributed by atoms with Crippen LogP contribution in [0.1, 0.15) is 24.9 Å². The van der Waals surface area contributed by atoms with Crippen molar-refractivity contribution in [3.63, 3.8) is 0 Å². The monoisotopic (exact) mass is 362 g/mol. The number of hydrogen-bond donors (Lipinski definition) is 2. The average molecular weight is 362 g/mol. The second kappa shape index (κ2) is 8.36. The highest BCUT2D eigenvalue weighted by Crippen LogP contribution is 2.25.